The third-order valence-electron chi connectivity index (χ3n) is 5.40. The van der Waals surface area contributed by atoms with Gasteiger partial charge in [0.15, 0.2) is 0 Å². The molecule has 5 heteroatoms. The van der Waals surface area contributed by atoms with Crippen LogP contribution in [0, 0.1) is 12.3 Å². The first-order chi connectivity index (χ1) is 11.2. The molecule has 3 nitrogen and oxygen atoms in total. The van der Waals surface area contributed by atoms with Crippen LogP contribution in [0.25, 0.3) is 0 Å². The highest BCUT2D eigenvalue weighted by atomic mass is 32.1. The Bertz CT molecular complexity index is 686. The normalized spacial score (nSPS) is 22.2. The monoisotopic (exact) mass is 346 g/mol. The molecule has 2 fully saturated rings. The third-order valence-corrected chi connectivity index (χ3v) is 7.00. The predicted octanol–water partition coefficient (Wildman–Crippen LogP) is 3.90. The second-order valence-electron chi connectivity index (χ2n) is 6.87. The molecule has 1 amide bonds. The highest BCUT2D eigenvalue weighted by Crippen LogP contribution is 2.56. The summed E-state index contributed by atoms with van der Waals surface area (Å²) >= 11 is 3.33. The Labute approximate surface area is 145 Å². The number of carbonyl (C=O) groups excluding carboxylic acids is 1. The fourth-order valence-corrected chi connectivity index (χ4v) is 5.35. The lowest BCUT2D eigenvalue weighted by atomic mass is 9.93. The quantitative estimate of drug-likeness (QED) is 0.910. The molecule has 3 heterocycles. The highest BCUT2D eigenvalue weighted by molar-refractivity contribution is 7.08. The topological polar surface area (TPSA) is 32.3 Å². The molecule has 0 bridgehead atoms. The lowest BCUT2D eigenvalue weighted by molar-refractivity contribution is 0.0692. The van der Waals surface area contributed by atoms with E-state index in [1.807, 2.05) is 12.3 Å². The highest BCUT2D eigenvalue weighted by Gasteiger charge is 2.57. The van der Waals surface area contributed by atoms with Crippen molar-refractivity contribution in [3.63, 3.8) is 0 Å². The first-order valence-electron chi connectivity index (χ1n) is 8.25. The van der Waals surface area contributed by atoms with Crippen LogP contribution in [0.1, 0.15) is 40.7 Å². The smallest absolute Gasteiger partial charge is 0.255 e. The van der Waals surface area contributed by atoms with E-state index in [1.165, 1.54) is 24.8 Å². The van der Waals surface area contributed by atoms with E-state index in [1.54, 1.807) is 22.7 Å². The zero-order valence-electron chi connectivity index (χ0n) is 13.4. The van der Waals surface area contributed by atoms with Crippen LogP contribution < -0.4 is 5.32 Å². The maximum Gasteiger partial charge on any atom is 0.255 e. The average molecular weight is 347 g/mol. The summed E-state index contributed by atoms with van der Waals surface area (Å²) in [6, 6.07) is 2.56. The van der Waals surface area contributed by atoms with Crippen LogP contribution in [-0.4, -0.2) is 29.9 Å². The van der Waals surface area contributed by atoms with Crippen molar-refractivity contribution in [1.29, 1.82) is 0 Å². The van der Waals surface area contributed by atoms with Gasteiger partial charge in [0.05, 0.1) is 5.56 Å². The molecular weight excluding hydrogens is 324 g/mol. The van der Waals surface area contributed by atoms with Gasteiger partial charge in [0.2, 0.25) is 0 Å². The summed E-state index contributed by atoms with van der Waals surface area (Å²) in [6.45, 7) is 4.97. The zero-order valence-corrected chi connectivity index (χ0v) is 15.0. The molecule has 1 aliphatic carbocycles. The maximum atomic E-state index is 13.2. The predicted molar refractivity (Wildman–Crippen MR) is 96.2 cm³/mol. The summed E-state index contributed by atoms with van der Waals surface area (Å²) in [7, 11) is 0. The molecule has 23 heavy (non-hydrogen) atoms. The van der Waals surface area contributed by atoms with E-state index in [2.05, 4.69) is 32.4 Å². The van der Waals surface area contributed by atoms with Crippen LogP contribution in [0.3, 0.4) is 0 Å². The summed E-state index contributed by atoms with van der Waals surface area (Å²) < 4.78 is 0. The Morgan fingerprint density at radius 1 is 1.30 bits per heavy atom. The second kappa shape index (κ2) is 6.04. The van der Waals surface area contributed by atoms with Crippen molar-refractivity contribution in [2.24, 2.45) is 5.41 Å². The Hall–Kier alpha value is -1.17. The fourth-order valence-electron chi connectivity index (χ4n) is 3.87. The summed E-state index contributed by atoms with van der Waals surface area (Å²) in [6.07, 6.45) is 3.58. The number of hydrogen-bond donors (Lipinski definition) is 1. The number of amides is 1. The van der Waals surface area contributed by atoms with Gasteiger partial charge >= 0.3 is 0 Å². The molecule has 1 aliphatic heterocycles. The van der Waals surface area contributed by atoms with Gasteiger partial charge in [-0.2, -0.15) is 22.7 Å². The van der Waals surface area contributed by atoms with Gasteiger partial charge < -0.3 is 10.2 Å². The lowest BCUT2D eigenvalue weighted by Crippen LogP contribution is -2.39. The zero-order chi connectivity index (χ0) is 15.9. The minimum atomic E-state index is 0.218. The molecule has 0 unspecified atom stereocenters. The Morgan fingerprint density at radius 3 is 2.78 bits per heavy atom. The van der Waals surface area contributed by atoms with E-state index >= 15 is 0 Å². The molecule has 4 rings (SSSR count). The standard InChI is InChI=1S/C18H22N2OS2/c1-13-10-23-12-15(13)17(21)20(9-14-2-7-22-11-14)16-8-18(16)3-5-19-6-4-18/h2,7,10-12,16,19H,3-6,8-9H2,1H3/t16-/m1/s1. The van der Waals surface area contributed by atoms with Gasteiger partial charge in [0.1, 0.15) is 0 Å². The fraction of sp³-hybridized carbons (Fsp3) is 0.500. The van der Waals surface area contributed by atoms with Crippen LogP contribution in [0.5, 0.6) is 0 Å². The largest absolute Gasteiger partial charge is 0.331 e. The van der Waals surface area contributed by atoms with Crippen molar-refractivity contribution >= 4 is 28.6 Å². The number of carbonyl (C=O) groups is 1. The molecule has 1 spiro atoms. The summed E-state index contributed by atoms with van der Waals surface area (Å²) in [5.41, 5.74) is 3.63. The molecule has 2 aromatic heterocycles. The third kappa shape index (κ3) is 2.86. The number of hydrogen-bond acceptors (Lipinski definition) is 4. The molecule has 2 aromatic rings. The molecule has 1 atom stereocenters. The Balaban J connectivity index is 1.59. The number of nitrogens with zero attached hydrogens (tertiary/aromatic N) is 1. The van der Waals surface area contributed by atoms with Crippen LogP contribution in [0.4, 0.5) is 0 Å². The molecule has 1 N–H and O–H groups in total. The lowest BCUT2D eigenvalue weighted by Gasteiger charge is -2.29. The Kier molecular flexibility index (Phi) is 4.03. The number of rotatable bonds is 4. The second-order valence-corrected chi connectivity index (χ2v) is 8.39. The SMILES string of the molecule is Cc1cscc1C(=O)N(Cc1ccsc1)[C@@H]1CC12CCNCC2. The molecular formula is C18H22N2OS2. The van der Waals surface area contributed by atoms with E-state index in [9.17, 15) is 4.79 Å². The van der Waals surface area contributed by atoms with Gasteiger partial charge in [-0.05, 0) is 78.0 Å². The van der Waals surface area contributed by atoms with Gasteiger partial charge in [-0.15, -0.1) is 0 Å². The van der Waals surface area contributed by atoms with Crippen LogP contribution >= 0.6 is 22.7 Å². The molecule has 1 saturated carbocycles. The van der Waals surface area contributed by atoms with Crippen molar-refractivity contribution in [3.8, 4) is 0 Å². The summed E-state index contributed by atoms with van der Waals surface area (Å²) in [5.74, 6) is 0.218. The molecule has 122 valence electrons. The van der Waals surface area contributed by atoms with Crippen molar-refractivity contribution in [1.82, 2.24) is 10.2 Å². The van der Waals surface area contributed by atoms with Gasteiger partial charge in [-0.25, -0.2) is 0 Å². The molecule has 1 saturated heterocycles. The van der Waals surface area contributed by atoms with E-state index in [-0.39, 0.29) is 5.91 Å². The van der Waals surface area contributed by atoms with Gasteiger partial charge in [-0.1, -0.05) is 0 Å². The Morgan fingerprint density at radius 2 is 2.13 bits per heavy atom. The van der Waals surface area contributed by atoms with Crippen molar-refractivity contribution in [2.75, 3.05) is 13.1 Å². The minimum Gasteiger partial charge on any atom is -0.331 e. The van der Waals surface area contributed by atoms with E-state index in [0.717, 1.165) is 30.8 Å². The van der Waals surface area contributed by atoms with E-state index < -0.39 is 0 Å². The van der Waals surface area contributed by atoms with Crippen LogP contribution in [-0.2, 0) is 6.54 Å². The van der Waals surface area contributed by atoms with Crippen molar-refractivity contribution < 1.29 is 4.79 Å². The minimum absolute atomic E-state index is 0.218. The molecule has 2 aliphatic rings. The number of nitrogens with one attached hydrogen (secondary N) is 1. The van der Waals surface area contributed by atoms with Gasteiger partial charge in [0, 0.05) is 18.0 Å². The number of aryl methyl sites for hydroxylation is 1. The van der Waals surface area contributed by atoms with Crippen LogP contribution in [0.15, 0.2) is 27.6 Å². The van der Waals surface area contributed by atoms with E-state index in [0.29, 0.717) is 11.5 Å². The molecule has 0 aromatic carbocycles. The van der Waals surface area contributed by atoms with Crippen LogP contribution in [0.2, 0.25) is 0 Å². The first-order valence-corrected chi connectivity index (χ1v) is 10.1. The summed E-state index contributed by atoms with van der Waals surface area (Å²) in [5, 5.41) is 11.8. The number of piperidine rings is 1. The van der Waals surface area contributed by atoms with Gasteiger partial charge in [-0.3, -0.25) is 4.79 Å². The van der Waals surface area contributed by atoms with Gasteiger partial charge in [0.25, 0.3) is 5.91 Å². The van der Waals surface area contributed by atoms with E-state index in [4.69, 9.17) is 0 Å². The van der Waals surface area contributed by atoms with Crippen molar-refractivity contribution in [2.45, 2.75) is 38.8 Å². The first kappa shape index (κ1) is 15.4. The molecule has 0 radical (unpaired) electrons. The summed E-state index contributed by atoms with van der Waals surface area (Å²) in [4.78, 5) is 15.3. The van der Waals surface area contributed by atoms with Crippen molar-refractivity contribution in [3.05, 3.63) is 44.3 Å². The average Bonchev–Trinajstić information content (AvgIpc) is 2.97. The maximum absolute atomic E-state index is 13.2. The number of thiophene rings is 2.